The van der Waals surface area contributed by atoms with Crippen LogP contribution in [-0.2, 0) is 14.3 Å². The molecule has 0 unspecified atom stereocenters. The Morgan fingerprint density at radius 1 is 1.29 bits per heavy atom. The molecule has 0 atom stereocenters. The van der Waals surface area contributed by atoms with E-state index in [1.54, 1.807) is 0 Å². The zero-order valence-electron chi connectivity index (χ0n) is 13.9. The normalized spacial score (nSPS) is 20.8. The van der Waals surface area contributed by atoms with Crippen LogP contribution in [0.5, 0.6) is 5.75 Å². The van der Waals surface area contributed by atoms with Crippen molar-refractivity contribution in [3.63, 3.8) is 0 Å². The molecule has 0 aliphatic carbocycles. The molecule has 0 N–H and O–H groups in total. The Morgan fingerprint density at radius 3 is 2.67 bits per heavy atom. The van der Waals surface area contributed by atoms with Crippen LogP contribution in [0.4, 0.5) is 8.78 Å². The maximum Gasteiger partial charge on any atom is 0.311 e. The van der Waals surface area contributed by atoms with E-state index in [4.69, 9.17) is 14.2 Å². The SMILES string of the molecule is CCCC1COC(c2ccc(OC(=O)CCCCF)cc2F)OC1. The third-order valence-electron chi connectivity index (χ3n) is 3.89. The van der Waals surface area contributed by atoms with Gasteiger partial charge in [0.2, 0.25) is 0 Å². The third-order valence-corrected chi connectivity index (χ3v) is 3.89. The first-order chi connectivity index (χ1) is 11.6. The number of carbonyl (C=O) groups excluding carboxylic acids is 1. The zero-order valence-corrected chi connectivity index (χ0v) is 13.9. The Bertz CT molecular complexity index is 528. The molecule has 0 amide bonds. The van der Waals surface area contributed by atoms with E-state index in [0.717, 1.165) is 18.9 Å². The van der Waals surface area contributed by atoms with E-state index in [0.29, 0.717) is 37.5 Å². The van der Waals surface area contributed by atoms with Crippen molar-refractivity contribution in [3.8, 4) is 5.75 Å². The Kier molecular flexibility index (Phi) is 7.59. The molecule has 6 heteroatoms. The Labute approximate surface area is 141 Å². The van der Waals surface area contributed by atoms with Crippen LogP contribution in [0.2, 0.25) is 0 Å². The van der Waals surface area contributed by atoms with Gasteiger partial charge in [0.25, 0.3) is 0 Å². The lowest BCUT2D eigenvalue weighted by atomic mass is 10.1. The average molecular weight is 342 g/mol. The molecule has 1 aliphatic heterocycles. The first-order valence-corrected chi connectivity index (χ1v) is 8.43. The number of carbonyl (C=O) groups is 1. The minimum absolute atomic E-state index is 0.112. The van der Waals surface area contributed by atoms with Gasteiger partial charge in [-0.25, -0.2) is 4.39 Å². The number of hydrogen-bond acceptors (Lipinski definition) is 4. The Balaban J connectivity index is 1.89. The van der Waals surface area contributed by atoms with Gasteiger partial charge >= 0.3 is 5.97 Å². The molecule has 4 nitrogen and oxygen atoms in total. The summed E-state index contributed by atoms with van der Waals surface area (Å²) in [5.74, 6) is -0.564. The number of rotatable bonds is 8. The number of alkyl halides is 1. The smallest absolute Gasteiger partial charge is 0.311 e. The van der Waals surface area contributed by atoms with E-state index >= 15 is 0 Å². The first kappa shape index (κ1) is 18.8. The van der Waals surface area contributed by atoms with Crippen molar-refractivity contribution in [2.45, 2.75) is 45.3 Å². The van der Waals surface area contributed by atoms with Crippen LogP contribution in [0.15, 0.2) is 18.2 Å². The number of benzene rings is 1. The molecule has 1 aromatic carbocycles. The Hall–Kier alpha value is -1.53. The van der Waals surface area contributed by atoms with Crippen LogP contribution in [0.25, 0.3) is 0 Å². The Morgan fingerprint density at radius 2 is 2.04 bits per heavy atom. The molecule has 134 valence electrons. The summed E-state index contributed by atoms with van der Waals surface area (Å²) in [6, 6.07) is 4.16. The number of unbranched alkanes of at least 4 members (excludes halogenated alkanes) is 1. The van der Waals surface area contributed by atoms with Crippen LogP contribution in [0.3, 0.4) is 0 Å². The molecule has 0 saturated carbocycles. The van der Waals surface area contributed by atoms with Crippen LogP contribution in [0, 0.1) is 11.7 Å². The second-order valence-electron chi connectivity index (χ2n) is 5.96. The summed E-state index contributed by atoms with van der Waals surface area (Å²) in [6.45, 7) is 2.73. The number of halogens is 2. The minimum atomic E-state index is -0.729. The first-order valence-electron chi connectivity index (χ1n) is 8.43. The van der Waals surface area contributed by atoms with E-state index in [9.17, 15) is 13.6 Å². The fraction of sp³-hybridized carbons (Fsp3) is 0.611. The molecule has 2 rings (SSSR count). The molecule has 0 radical (unpaired) electrons. The van der Waals surface area contributed by atoms with Crippen LogP contribution < -0.4 is 4.74 Å². The van der Waals surface area contributed by atoms with Gasteiger partial charge in [0.05, 0.1) is 19.9 Å². The van der Waals surface area contributed by atoms with Gasteiger partial charge in [0, 0.05) is 24.0 Å². The highest BCUT2D eigenvalue weighted by Crippen LogP contribution is 2.30. The number of esters is 1. The van der Waals surface area contributed by atoms with Gasteiger partial charge in [-0.05, 0) is 31.4 Å². The van der Waals surface area contributed by atoms with Gasteiger partial charge < -0.3 is 14.2 Å². The fourth-order valence-electron chi connectivity index (χ4n) is 2.61. The molecular weight excluding hydrogens is 318 g/mol. The molecule has 24 heavy (non-hydrogen) atoms. The monoisotopic (exact) mass is 342 g/mol. The van der Waals surface area contributed by atoms with Crippen molar-refractivity contribution in [2.24, 2.45) is 5.92 Å². The van der Waals surface area contributed by atoms with E-state index in [2.05, 4.69) is 6.92 Å². The largest absolute Gasteiger partial charge is 0.426 e. The van der Waals surface area contributed by atoms with Gasteiger partial charge in [-0.15, -0.1) is 0 Å². The number of ether oxygens (including phenoxy) is 3. The predicted octanol–water partition coefficient (Wildman–Crippen LogP) is 4.33. The fourth-order valence-corrected chi connectivity index (χ4v) is 2.61. The zero-order chi connectivity index (χ0) is 17.4. The lowest BCUT2D eigenvalue weighted by Gasteiger charge is -2.29. The molecule has 0 aromatic heterocycles. The highest BCUT2D eigenvalue weighted by Gasteiger charge is 2.25. The summed E-state index contributed by atoms with van der Waals surface area (Å²) in [5.41, 5.74) is 0.294. The molecule has 1 heterocycles. The van der Waals surface area contributed by atoms with E-state index < -0.39 is 24.8 Å². The molecule has 1 fully saturated rings. The van der Waals surface area contributed by atoms with Crippen molar-refractivity contribution >= 4 is 5.97 Å². The summed E-state index contributed by atoms with van der Waals surface area (Å²) in [7, 11) is 0. The van der Waals surface area contributed by atoms with Gasteiger partial charge in [-0.2, -0.15) is 0 Å². The summed E-state index contributed by atoms with van der Waals surface area (Å²) >= 11 is 0. The molecule has 1 aliphatic rings. The highest BCUT2D eigenvalue weighted by atomic mass is 19.1. The highest BCUT2D eigenvalue weighted by molar-refractivity contribution is 5.72. The van der Waals surface area contributed by atoms with E-state index in [1.165, 1.54) is 12.1 Å². The van der Waals surface area contributed by atoms with Gasteiger partial charge in [-0.3, -0.25) is 9.18 Å². The summed E-state index contributed by atoms with van der Waals surface area (Å²) < 4.78 is 42.5. The quantitative estimate of drug-likeness (QED) is 0.401. The molecule has 1 saturated heterocycles. The van der Waals surface area contributed by atoms with Crippen LogP contribution in [0.1, 0.15) is 50.9 Å². The molecule has 1 aromatic rings. The lowest BCUT2D eigenvalue weighted by Crippen LogP contribution is -2.27. The number of hydrogen-bond donors (Lipinski definition) is 0. The maximum atomic E-state index is 14.2. The van der Waals surface area contributed by atoms with Crippen LogP contribution >= 0.6 is 0 Å². The summed E-state index contributed by atoms with van der Waals surface area (Å²) in [4.78, 5) is 11.6. The predicted molar refractivity (Wildman–Crippen MR) is 84.9 cm³/mol. The molecule has 0 spiro atoms. The van der Waals surface area contributed by atoms with Crippen molar-refractivity contribution < 1.29 is 27.8 Å². The molecular formula is C18H24F2O4. The summed E-state index contributed by atoms with van der Waals surface area (Å²) in [6.07, 6.45) is 2.19. The molecule has 0 bridgehead atoms. The summed E-state index contributed by atoms with van der Waals surface area (Å²) in [5, 5.41) is 0. The maximum absolute atomic E-state index is 14.2. The van der Waals surface area contributed by atoms with Crippen molar-refractivity contribution in [3.05, 3.63) is 29.6 Å². The van der Waals surface area contributed by atoms with Crippen molar-refractivity contribution in [2.75, 3.05) is 19.9 Å². The van der Waals surface area contributed by atoms with Gasteiger partial charge in [0.15, 0.2) is 6.29 Å². The van der Waals surface area contributed by atoms with Gasteiger partial charge in [-0.1, -0.05) is 13.3 Å². The third kappa shape index (κ3) is 5.53. The second kappa shape index (κ2) is 9.69. The lowest BCUT2D eigenvalue weighted by molar-refractivity contribution is -0.207. The van der Waals surface area contributed by atoms with E-state index in [-0.39, 0.29) is 12.2 Å². The van der Waals surface area contributed by atoms with Crippen LogP contribution in [-0.4, -0.2) is 25.9 Å². The minimum Gasteiger partial charge on any atom is -0.426 e. The van der Waals surface area contributed by atoms with Gasteiger partial charge in [0.1, 0.15) is 11.6 Å². The topological polar surface area (TPSA) is 44.8 Å². The standard InChI is InChI=1S/C18H24F2O4/c1-2-5-13-11-22-18(23-12-13)15-8-7-14(10-16(15)20)24-17(21)6-3-4-9-19/h7-8,10,13,18H,2-6,9,11-12H2,1H3. The van der Waals surface area contributed by atoms with Crippen molar-refractivity contribution in [1.82, 2.24) is 0 Å². The van der Waals surface area contributed by atoms with Crippen molar-refractivity contribution in [1.29, 1.82) is 0 Å². The average Bonchev–Trinajstić information content (AvgIpc) is 2.56. The van der Waals surface area contributed by atoms with E-state index in [1.807, 2.05) is 0 Å². The second-order valence-corrected chi connectivity index (χ2v) is 5.96.